The first-order chi connectivity index (χ1) is 9.52. The molecule has 4 heteroatoms. The minimum absolute atomic E-state index is 0.174. The normalized spacial score (nSPS) is 24.4. The van der Waals surface area contributed by atoms with Gasteiger partial charge >= 0.3 is 0 Å². The zero-order chi connectivity index (χ0) is 14.7. The van der Waals surface area contributed by atoms with Crippen molar-refractivity contribution in [3.63, 3.8) is 0 Å². The van der Waals surface area contributed by atoms with Crippen LogP contribution in [0, 0.1) is 18.8 Å². The van der Waals surface area contributed by atoms with Crippen molar-refractivity contribution in [1.29, 1.82) is 0 Å². The highest BCUT2D eigenvalue weighted by Gasteiger charge is 2.29. The van der Waals surface area contributed by atoms with E-state index in [1.165, 1.54) is 9.75 Å². The average Bonchev–Trinajstić information content (AvgIpc) is 2.91. The van der Waals surface area contributed by atoms with Gasteiger partial charge < -0.3 is 10.6 Å². The lowest BCUT2D eigenvalue weighted by Gasteiger charge is -2.32. The number of thiophene rings is 1. The monoisotopic (exact) mass is 294 g/mol. The molecule has 1 unspecified atom stereocenters. The number of aryl methyl sites for hydroxylation is 1. The summed E-state index contributed by atoms with van der Waals surface area (Å²) in [6.07, 6.45) is 4.21. The topological polar surface area (TPSA) is 46.3 Å². The molecule has 1 atom stereocenters. The first-order valence-electron chi connectivity index (χ1n) is 7.56. The maximum absolute atomic E-state index is 12.6. The van der Waals surface area contributed by atoms with Gasteiger partial charge in [-0.25, -0.2) is 0 Å². The van der Waals surface area contributed by atoms with E-state index in [9.17, 15) is 4.79 Å². The van der Waals surface area contributed by atoms with Crippen LogP contribution in [0.1, 0.15) is 48.4 Å². The summed E-state index contributed by atoms with van der Waals surface area (Å²) in [6.45, 7) is 4.99. The number of nitrogens with two attached hydrogens (primary N) is 1. The number of carbonyl (C=O) groups excluding carboxylic acids is 1. The van der Waals surface area contributed by atoms with Gasteiger partial charge in [0.2, 0.25) is 5.91 Å². The number of carbonyl (C=O) groups is 1. The van der Waals surface area contributed by atoms with Crippen molar-refractivity contribution in [2.24, 2.45) is 17.6 Å². The molecule has 0 saturated heterocycles. The molecule has 1 heterocycles. The van der Waals surface area contributed by atoms with E-state index in [1.807, 2.05) is 11.9 Å². The highest BCUT2D eigenvalue weighted by Crippen LogP contribution is 2.32. The van der Waals surface area contributed by atoms with E-state index in [-0.39, 0.29) is 12.0 Å². The van der Waals surface area contributed by atoms with Crippen molar-refractivity contribution >= 4 is 17.2 Å². The van der Waals surface area contributed by atoms with Crippen LogP contribution in [0.2, 0.25) is 0 Å². The van der Waals surface area contributed by atoms with Gasteiger partial charge in [0.25, 0.3) is 0 Å². The van der Waals surface area contributed by atoms with Crippen LogP contribution < -0.4 is 5.73 Å². The molecule has 20 heavy (non-hydrogen) atoms. The summed E-state index contributed by atoms with van der Waals surface area (Å²) in [5.41, 5.74) is 5.72. The van der Waals surface area contributed by atoms with E-state index in [1.54, 1.807) is 11.3 Å². The Labute approximate surface area is 126 Å². The second-order valence-corrected chi connectivity index (χ2v) is 7.35. The van der Waals surface area contributed by atoms with Crippen molar-refractivity contribution in [3.8, 4) is 0 Å². The molecule has 1 aliphatic rings. The lowest BCUT2D eigenvalue weighted by Crippen LogP contribution is -2.37. The first kappa shape index (κ1) is 15.5. The van der Waals surface area contributed by atoms with Gasteiger partial charge in [0.1, 0.15) is 0 Å². The van der Waals surface area contributed by atoms with Crippen LogP contribution in [0.25, 0.3) is 0 Å². The third-order valence-electron chi connectivity index (χ3n) is 4.63. The molecule has 1 fully saturated rings. The molecule has 1 saturated carbocycles. The summed E-state index contributed by atoms with van der Waals surface area (Å²) in [6, 6.07) is 4.44. The Morgan fingerprint density at radius 2 is 2.05 bits per heavy atom. The van der Waals surface area contributed by atoms with Crippen molar-refractivity contribution < 1.29 is 4.79 Å². The Morgan fingerprint density at radius 3 is 2.55 bits per heavy atom. The highest BCUT2D eigenvalue weighted by molar-refractivity contribution is 7.12. The summed E-state index contributed by atoms with van der Waals surface area (Å²) >= 11 is 1.78. The molecule has 2 N–H and O–H groups in total. The zero-order valence-electron chi connectivity index (χ0n) is 12.8. The number of nitrogens with zero attached hydrogens (tertiary/aromatic N) is 1. The van der Waals surface area contributed by atoms with Crippen LogP contribution in [-0.2, 0) is 4.79 Å². The third kappa shape index (κ3) is 3.41. The van der Waals surface area contributed by atoms with E-state index >= 15 is 0 Å². The standard InChI is InChI=1S/C16H26N2OS/c1-11-4-9-15(20-11)12(2)18(3)16(19)14-7-5-13(10-17)6-8-14/h4,9,12-14H,5-8,10,17H2,1-3H3. The second kappa shape index (κ2) is 6.72. The average molecular weight is 294 g/mol. The first-order valence-corrected chi connectivity index (χ1v) is 8.37. The van der Waals surface area contributed by atoms with Gasteiger partial charge in [0, 0.05) is 22.7 Å². The minimum atomic E-state index is 0.174. The van der Waals surface area contributed by atoms with Crippen molar-refractivity contribution in [2.75, 3.05) is 13.6 Å². The summed E-state index contributed by atoms with van der Waals surface area (Å²) in [5, 5.41) is 0. The highest BCUT2D eigenvalue weighted by atomic mass is 32.1. The SMILES string of the molecule is Cc1ccc(C(C)N(C)C(=O)C2CCC(CN)CC2)s1. The predicted molar refractivity (Wildman–Crippen MR) is 84.7 cm³/mol. The molecule has 1 aromatic heterocycles. The Balaban J connectivity index is 1.95. The maximum atomic E-state index is 12.6. The van der Waals surface area contributed by atoms with Crippen LogP contribution in [0.5, 0.6) is 0 Å². The van der Waals surface area contributed by atoms with E-state index in [0.29, 0.717) is 11.8 Å². The lowest BCUT2D eigenvalue weighted by molar-refractivity contribution is -0.137. The number of hydrogen-bond donors (Lipinski definition) is 1. The summed E-state index contributed by atoms with van der Waals surface area (Å²) < 4.78 is 0. The second-order valence-electron chi connectivity index (χ2n) is 6.03. The Bertz CT molecular complexity index is 449. The maximum Gasteiger partial charge on any atom is 0.225 e. The molecule has 112 valence electrons. The molecule has 1 aliphatic carbocycles. The van der Waals surface area contributed by atoms with E-state index in [2.05, 4.69) is 26.0 Å². The van der Waals surface area contributed by atoms with Gasteiger partial charge in [-0.05, 0) is 64.1 Å². The minimum Gasteiger partial charge on any atom is -0.338 e. The summed E-state index contributed by atoms with van der Waals surface area (Å²) in [7, 11) is 1.94. The molecule has 0 spiro atoms. The fraction of sp³-hybridized carbons (Fsp3) is 0.688. The van der Waals surface area contributed by atoms with Crippen LogP contribution >= 0.6 is 11.3 Å². The van der Waals surface area contributed by atoms with Gasteiger partial charge in [-0.1, -0.05) is 0 Å². The number of hydrogen-bond acceptors (Lipinski definition) is 3. The molecule has 0 aliphatic heterocycles. The van der Waals surface area contributed by atoms with Crippen LogP contribution in [0.15, 0.2) is 12.1 Å². The van der Waals surface area contributed by atoms with Gasteiger partial charge in [0.05, 0.1) is 6.04 Å². The molecule has 0 bridgehead atoms. The van der Waals surface area contributed by atoms with E-state index < -0.39 is 0 Å². The molecule has 1 aromatic rings. The van der Waals surface area contributed by atoms with Crippen molar-refractivity contribution in [3.05, 3.63) is 21.9 Å². The van der Waals surface area contributed by atoms with E-state index in [0.717, 1.165) is 32.2 Å². The van der Waals surface area contributed by atoms with Gasteiger partial charge in [-0.3, -0.25) is 4.79 Å². The molecule has 2 rings (SSSR count). The molecular weight excluding hydrogens is 268 g/mol. The van der Waals surface area contributed by atoms with Gasteiger partial charge in [0.15, 0.2) is 0 Å². The van der Waals surface area contributed by atoms with Crippen LogP contribution in [0.4, 0.5) is 0 Å². The largest absolute Gasteiger partial charge is 0.338 e. The molecule has 3 nitrogen and oxygen atoms in total. The van der Waals surface area contributed by atoms with Crippen molar-refractivity contribution in [1.82, 2.24) is 4.90 Å². The Kier molecular flexibility index (Phi) is 5.22. The Morgan fingerprint density at radius 1 is 1.40 bits per heavy atom. The van der Waals surface area contributed by atoms with E-state index in [4.69, 9.17) is 5.73 Å². The summed E-state index contributed by atoms with van der Waals surface area (Å²) in [5.74, 6) is 1.13. The van der Waals surface area contributed by atoms with Crippen LogP contribution in [0.3, 0.4) is 0 Å². The van der Waals surface area contributed by atoms with Gasteiger partial charge in [-0.2, -0.15) is 0 Å². The molecule has 1 amide bonds. The van der Waals surface area contributed by atoms with Crippen molar-refractivity contribution in [2.45, 2.75) is 45.6 Å². The molecule has 0 radical (unpaired) electrons. The molecular formula is C16H26N2OS. The number of rotatable bonds is 4. The summed E-state index contributed by atoms with van der Waals surface area (Å²) in [4.78, 5) is 17.1. The van der Waals surface area contributed by atoms with Crippen LogP contribution in [-0.4, -0.2) is 24.4 Å². The fourth-order valence-corrected chi connectivity index (χ4v) is 3.97. The lowest BCUT2D eigenvalue weighted by atomic mass is 9.81. The van der Waals surface area contributed by atoms with Gasteiger partial charge in [-0.15, -0.1) is 11.3 Å². The quantitative estimate of drug-likeness (QED) is 0.925. The predicted octanol–water partition coefficient (Wildman–Crippen LogP) is 3.34. The number of amides is 1. The third-order valence-corrected chi connectivity index (χ3v) is 5.80. The molecule has 0 aromatic carbocycles. The smallest absolute Gasteiger partial charge is 0.225 e. The fourth-order valence-electron chi connectivity index (χ4n) is 2.99. The Hall–Kier alpha value is -0.870. The zero-order valence-corrected chi connectivity index (χ0v) is 13.6.